The number of benzene rings is 2. The number of rotatable bonds is 5. The second kappa shape index (κ2) is 7.84. The molecule has 6 nitrogen and oxygen atoms in total. The summed E-state index contributed by atoms with van der Waals surface area (Å²) < 4.78 is 12.8. The Bertz CT molecular complexity index is 1090. The first kappa shape index (κ1) is 19.0. The summed E-state index contributed by atoms with van der Waals surface area (Å²) in [6, 6.07) is 14.0. The maximum absolute atomic E-state index is 12.9. The third-order valence-electron chi connectivity index (χ3n) is 4.09. The van der Waals surface area contributed by atoms with Crippen LogP contribution in [-0.2, 0) is 16.6 Å². The molecular weight excluding hydrogens is 362 g/mol. The van der Waals surface area contributed by atoms with Crippen molar-refractivity contribution in [2.24, 2.45) is 0 Å². The highest BCUT2D eigenvalue weighted by Gasteiger charge is 2.18. The largest absolute Gasteiger partial charge is 0.321 e. The van der Waals surface area contributed by atoms with Gasteiger partial charge in [0.25, 0.3) is 11.5 Å². The minimum Gasteiger partial charge on any atom is -0.321 e. The lowest BCUT2D eigenvalue weighted by Gasteiger charge is -2.13. The van der Waals surface area contributed by atoms with Crippen molar-refractivity contribution in [3.8, 4) is 0 Å². The zero-order valence-corrected chi connectivity index (χ0v) is 16.2. The number of aromatic nitrogens is 2. The molecule has 2 aromatic carbocycles. The second-order valence-electron chi connectivity index (χ2n) is 6.61. The summed E-state index contributed by atoms with van der Waals surface area (Å²) in [5.74, 6) is 0.0266. The van der Waals surface area contributed by atoms with Gasteiger partial charge >= 0.3 is 0 Å². The molecule has 0 bridgehead atoms. The molecule has 0 aliphatic rings. The number of carbonyl (C=O) groups is 1. The molecule has 1 heterocycles. The topological polar surface area (TPSA) is 81.1 Å². The van der Waals surface area contributed by atoms with Gasteiger partial charge in [0.05, 0.1) is 11.4 Å². The molecule has 7 heteroatoms. The van der Waals surface area contributed by atoms with Crippen molar-refractivity contribution in [2.75, 3.05) is 11.6 Å². The third-order valence-corrected chi connectivity index (χ3v) is 4.83. The van der Waals surface area contributed by atoms with E-state index in [4.69, 9.17) is 0 Å². The number of hydrogen-bond donors (Lipinski definition) is 1. The lowest BCUT2D eigenvalue weighted by atomic mass is 10.1. The van der Waals surface area contributed by atoms with Crippen molar-refractivity contribution in [1.29, 1.82) is 0 Å². The van der Waals surface area contributed by atoms with E-state index in [-0.39, 0.29) is 17.3 Å². The Hall–Kier alpha value is -2.80. The number of amides is 1. The van der Waals surface area contributed by atoms with Gasteiger partial charge in [-0.2, -0.15) is 5.10 Å². The van der Waals surface area contributed by atoms with Gasteiger partial charge in [0.1, 0.15) is 0 Å². The average molecular weight is 383 g/mol. The zero-order valence-electron chi connectivity index (χ0n) is 15.4. The van der Waals surface area contributed by atoms with Gasteiger partial charge < -0.3 is 5.32 Å². The number of anilines is 1. The fourth-order valence-electron chi connectivity index (χ4n) is 2.89. The molecular formula is C20H21N3O3S. The van der Waals surface area contributed by atoms with Gasteiger partial charge in [0.15, 0.2) is 5.69 Å². The lowest BCUT2D eigenvalue weighted by Crippen LogP contribution is -2.28. The summed E-state index contributed by atoms with van der Waals surface area (Å²) in [5, 5.41) is 8.12. The summed E-state index contributed by atoms with van der Waals surface area (Å²) in [6.45, 7) is 3.69. The predicted molar refractivity (Wildman–Crippen MR) is 109 cm³/mol. The molecule has 3 rings (SSSR count). The van der Waals surface area contributed by atoms with Crippen LogP contribution in [0.4, 0.5) is 5.69 Å². The van der Waals surface area contributed by atoms with Crippen LogP contribution in [0.15, 0.2) is 53.3 Å². The van der Waals surface area contributed by atoms with Crippen molar-refractivity contribution < 1.29 is 9.00 Å². The summed E-state index contributed by atoms with van der Waals surface area (Å²) in [5.41, 5.74) is 1.45. The Balaban J connectivity index is 2.02. The standard InChI is InChI=1S/C20H21N3O3S/c1-13(2)23-20(25)17-10-5-4-9-16(17)18(22-23)19(24)21-15-8-6-7-14(11-15)12-27(3)26/h4-11,13H,12H2,1-3H3,(H,21,24). The zero-order chi connectivity index (χ0) is 19.6. The molecule has 0 spiro atoms. The van der Waals surface area contributed by atoms with Crippen LogP contribution in [-0.4, -0.2) is 26.2 Å². The van der Waals surface area contributed by atoms with Crippen LogP contribution in [0.5, 0.6) is 0 Å². The summed E-state index contributed by atoms with van der Waals surface area (Å²) in [4.78, 5) is 25.5. The molecule has 27 heavy (non-hydrogen) atoms. The van der Waals surface area contributed by atoms with E-state index in [1.807, 2.05) is 19.9 Å². The minimum absolute atomic E-state index is 0.170. The first-order valence-electron chi connectivity index (χ1n) is 8.58. The van der Waals surface area contributed by atoms with E-state index in [0.29, 0.717) is 22.2 Å². The highest BCUT2D eigenvalue weighted by molar-refractivity contribution is 7.83. The SMILES string of the molecule is CC(C)n1nc(C(=O)Nc2cccc(CS(C)=O)c2)c2ccccc2c1=O. The van der Waals surface area contributed by atoms with Crippen LogP contribution in [0.2, 0.25) is 0 Å². The second-order valence-corrected chi connectivity index (χ2v) is 8.04. The molecule has 1 N–H and O–H groups in total. The number of carbonyl (C=O) groups excluding carboxylic acids is 1. The molecule has 3 aromatic rings. The Morgan fingerprint density at radius 1 is 1.15 bits per heavy atom. The fraction of sp³-hybridized carbons (Fsp3) is 0.250. The van der Waals surface area contributed by atoms with Gasteiger partial charge in [0.2, 0.25) is 0 Å². The van der Waals surface area contributed by atoms with Crippen LogP contribution >= 0.6 is 0 Å². The molecule has 1 aromatic heterocycles. The molecule has 0 saturated carbocycles. The molecule has 1 amide bonds. The van der Waals surface area contributed by atoms with Crippen molar-refractivity contribution >= 4 is 33.2 Å². The predicted octanol–water partition coefficient (Wildman–Crippen LogP) is 3.11. The molecule has 1 atom stereocenters. The van der Waals surface area contributed by atoms with E-state index in [1.54, 1.807) is 48.7 Å². The molecule has 0 radical (unpaired) electrons. The van der Waals surface area contributed by atoms with Crippen molar-refractivity contribution in [3.05, 3.63) is 70.1 Å². The van der Waals surface area contributed by atoms with Crippen LogP contribution in [0.3, 0.4) is 0 Å². The maximum Gasteiger partial charge on any atom is 0.276 e. The Kier molecular flexibility index (Phi) is 5.51. The highest BCUT2D eigenvalue weighted by Crippen LogP contribution is 2.18. The van der Waals surface area contributed by atoms with Crippen LogP contribution in [0, 0.1) is 0 Å². The van der Waals surface area contributed by atoms with E-state index < -0.39 is 16.7 Å². The molecule has 0 fully saturated rings. The van der Waals surface area contributed by atoms with Crippen molar-refractivity contribution in [1.82, 2.24) is 9.78 Å². The van der Waals surface area contributed by atoms with E-state index in [1.165, 1.54) is 4.68 Å². The van der Waals surface area contributed by atoms with Crippen LogP contribution in [0.25, 0.3) is 10.8 Å². The number of nitrogens with one attached hydrogen (secondary N) is 1. The van der Waals surface area contributed by atoms with Crippen molar-refractivity contribution in [2.45, 2.75) is 25.6 Å². The first-order valence-corrected chi connectivity index (χ1v) is 10.3. The Labute approximate surface area is 159 Å². The Morgan fingerprint density at radius 3 is 2.52 bits per heavy atom. The van der Waals surface area contributed by atoms with Gasteiger partial charge in [-0.05, 0) is 37.6 Å². The number of fused-ring (bicyclic) bond motifs is 1. The maximum atomic E-state index is 12.9. The molecule has 0 aliphatic carbocycles. The Morgan fingerprint density at radius 2 is 1.85 bits per heavy atom. The van der Waals surface area contributed by atoms with Crippen LogP contribution < -0.4 is 10.9 Å². The highest BCUT2D eigenvalue weighted by atomic mass is 32.2. The summed E-state index contributed by atoms with van der Waals surface area (Å²) >= 11 is 0. The summed E-state index contributed by atoms with van der Waals surface area (Å²) in [7, 11) is -0.966. The van der Waals surface area contributed by atoms with E-state index in [2.05, 4.69) is 10.4 Å². The minimum atomic E-state index is -0.966. The molecule has 1 unspecified atom stereocenters. The third kappa shape index (κ3) is 4.14. The van der Waals surface area contributed by atoms with E-state index in [9.17, 15) is 13.8 Å². The quantitative estimate of drug-likeness (QED) is 0.734. The number of nitrogens with zero attached hydrogens (tertiary/aromatic N) is 2. The van der Waals surface area contributed by atoms with E-state index in [0.717, 1.165) is 5.56 Å². The van der Waals surface area contributed by atoms with Crippen molar-refractivity contribution in [3.63, 3.8) is 0 Å². The monoisotopic (exact) mass is 383 g/mol. The molecule has 0 aliphatic heterocycles. The number of hydrogen-bond acceptors (Lipinski definition) is 4. The molecule has 0 saturated heterocycles. The molecule has 140 valence electrons. The smallest absolute Gasteiger partial charge is 0.276 e. The van der Waals surface area contributed by atoms with Gasteiger partial charge in [0, 0.05) is 33.9 Å². The fourth-order valence-corrected chi connectivity index (χ4v) is 3.54. The van der Waals surface area contributed by atoms with Gasteiger partial charge in [-0.15, -0.1) is 0 Å². The van der Waals surface area contributed by atoms with Crippen LogP contribution in [0.1, 0.15) is 35.9 Å². The first-order chi connectivity index (χ1) is 12.9. The van der Waals surface area contributed by atoms with Gasteiger partial charge in [-0.3, -0.25) is 13.8 Å². The summed E-state index contributed by atoms with van der Waals surface area (Å²) in [6.07, 6.45) is 1.64. The van der Waals surface area contributed by atoms with E-state index >= 15 is 0 Å². The van der Waals surface area contributed by atoms with Gasteiger partial charge in [-0.1, -0.05) is 30.3 Å². The lowest BCUT2D eigenvalue weighted by molar-refractivity contribution is 0.102. The normalized spacial score (nSPS) is 12.3. The average Bonchev–Trinajstić information content (AvgIpc) is 2.61. The van der Waals surface area contributed by atoms with Gasteiger partial charge in [-0.25, -0.2) is 4.68 Å².